The summed E-state index contributed by atoms with van der Waals surface area (Å²) >= 11 is 0. The van der Waals surface area contributed by atoms with E-state index in [1.807, 2.05) is 66.5 Å². The van der Waals surface area contributed by atoms with Gasteiger partial charge in [0.1, 0.15) is 5.75 Å². The average molecular weight is 343 g/mol. The molecule has 2 atom stereocenters. The van der Waals surface area contributed by atoms with Gasteiger partial charge in [-0.25, -0.2) is 0 Å². The van der Waals surface area contributed by atoms with Gasteiger partial charge in [0.15, 0.2) is 0 Å². The fraction of sp³-hybridized carbons (Fsp3) is 0.174. The summed E-state index contributed by atoms with van der Waals surface area (Å²) in [6.45, 7) is 0. The van der Waals surface area contributed by atoms with E-state index in [1.54, 1.807) is 7.11 Å². The summed E-state index contributed by atoms with van der Waals surface area (Å²) in [5, 5.41) is 0. The highest BCUT2D eigenvalue weighted by molar-refractivity contribution is 5.98. The highest BCUT2D eigenvalue weighted by Crippen LogP contribution is 2.46. The molecule has 3 aromatic carbocycles. The number of carbonyl (C=O) groups excluding carboxylic acids is 1. The van der Waals surface area contributed by atoms with Crippen LogP contribution in [-0.4, -0.2) is 25.0 Å². The van der Waals surface area contributed by atoms with Crippen molar-refractivity contribution < 1.29 is 9.53 Å². The van der Waals surface area contributed by atoms with Crippen molar-refractivity contribution in [1.29, 1.82) is 0 Å². The lowest BCUT2D eigenvalue weighted by Gasteiger charge is -2.41. The number of amides is 1. The Balaban J connectivity index is 1.97. The highest BCUT2D eigenvalue weighted by Gasteiger charge is 2.39. The minimum absolute atomic E-state index is 0.0451. The summed E-state index contributed by atoms with van der Waals surface area (Å²) in [6, 6.07) is 26.3. The fourth-order valence-corrected chi connectivity index (χ4v) is 3.92. The Labute approximate surface area is 153 Å². The number of benzene rings is 3. The largest absolute Gasteiger partial charge is 0.497 e. The molecule has 0 aromatic heterocycles. The van der Waals surface area contributed by atoms with E-state index in [4.69, 9.17) is 4.74 Å². The minimum atomic E-state index is -0.0642. The molecule has 0 saturated heterocycles. The average Bonchev–Trinajstić information content (AvgIpc) is 2.71. The number of likely N-dealkylation sites (N-methyl/N-ethyl adjacent to an activating group) is 1. The molecule has 1 aliphatic rings. The maximum absolute atomic E-state index is 13.1. The topological polar surface area (TPSA) is 29.5 Å². The second-order valence-electron chi connectivity index (χ2n) is 6.61. The third kappa shape index (κ3) is 2.66. The molecule has 4 rings (SSSR count). The summed E-state index contributed by atoms with van der Waals surface area (Å²) in [6.07, 6.45) is 0. The van der Waals surface area contributed by atoms with Gasteiger partial charge in [-0.1, -0.05) is 60.7 Å². The van der Waals surface area contributed by atoms with Gasteiger partial charge in [0.25, 0.3) is 5.91 Å². The molecule has 3 nitrogen and oxygen atoms in total. The molecule has 0 bridgehead atoms. The second kappa shape index (κ2) is 6.68. The predicted octanol–water partition coefficient (Wildman–Crippen LogP) is 4.65. The minimum Gasteiger partial charge on any atom is -0.497 e. The van der Waals surface area contributed by atoms with Gasteiger partial charge in [-0.05, 0) is 34.9 Å². The van der Waals surface area contributed by atoms with Crippen molar-refractivity contribution in [3.63, 3.8) is 0 Å². The Bertz CT molecular complexity index is 921. The molecule has 3 heteroatoms. The molecule has 0 spiro atoms. The van der Waals surface area contributed by atoms with Gasteiger partial charge < -0.3 is 9.64 Å². The maximum atomic E-state index is 13.1. The Morgan fingerprint density at radius 1 is 0.846 bits per heavy atom. The lowest BCUT2D eigenvalue weighted by Crippen LogP contribution is -2.40. The third-order valence-electron chi connectivity index (χ3n) is 5.18. The molecule has 26 heavy (non-hydrogen) atoms. The molecule has 1 heterocycles. The SMILES string of the molecule is COc1ccc2c(c1)[C@H](c1ccccc1)[C@H](c1ccccc1)N(C)C2=O. The van der Waals surface area contributed by atoms with Crippen LogP contribution in [-0.2, 0) is 0 Å². The maximum Gasteiger partial charge on any atom is 0.254 e. The van der Waals surface area contributed by atoms with E-state index in [1.165, 1.54) is 5.56 Å². The van der Waals surface area contributed by atoms with E-state index in [-0.39, 0.29) is 17.9 Å². The highest BCUT2D eigenvalue weighted by atomic mass is 16.5. The van der Waals surface area contributed by atoms with Crippen LogP contribution in [0.25, 0.3) is 0 Å². The Kier molecular flexibility index (Phi) is 4.21. The molecule has 0 N–H and O–H groups in total. The van der Waals surface area contributed by atoms with E-state index in [0.717, 1.165) is 22.4 Å². The predicted molar refractivity (Wildman–Crippen MR) is 103 cm³/mol. The molecule has 0 saturated carbocycles. The Hall–Kier alpha value is -3.07. The first kappa shape index (κ1) is 16.4. The van der Waals surface area contributed by atoms with Crippen LogP contribution in [0.2, 0.25) is 0 Å². The summed E-state index contributed by atoms with van der Waals surface area (Å²) in [7, 11) is 3.55. The number of hydrogen-bond acceptors (Lipinski definition) is 2. The van der Waals surface area contributed by atoms with Crippen molar-refractivity contribution in [3.8, 4) is 5.75 Å². The summed E-state index contributed by atoms with van der Waals surface area (Å²) in [5.74, 6) is 0.865. The standard InChI is InChI=1S/C23H21NO2/c1-24-22(17-11-7-4-8-12-17)21(16-9-5-3-6-10-16)20-15-18(26-2)13-14-19(20)23(24)25/h3-15,21-22H,1-2H3/t21-,22-/m0/s1. The van der Waals surface area contributed by atoms with Gasteiger partial charge in [0.05, 0.1) is 13.2 Å². The van der Waals surface area contributed by atoms with Crippen LogP contribution in [0.1, 0.15) is 39.0 Å². The first-order valence-electron chi connectivity index (χ1n) is 8.75. The van der Waals surface area contributed by atoms with Crippen molar-refractivity contribution in [1.82, 2.24) is 4.90 Å². The van der Waals surface area contributed by atoms with E-state index in [9.17, 15) is 4.79 Å². The summed E-state index contributed by atoms with van der Waals surface area (Å²) in [4.78, 5) is 14.9. The van der Waals surface area contributed by atoms with Gasteiger partial charge in [-0.3, -0.25) is 4.79 Å². The van der Waals surface area contributed by atoms with Crippen LogP contribution in [0.5, 0.6) is 5.75 Å². The number of hydrogen-bond donors (Lipinski definition) is 0. The van der Waals surface area contributed by atoms with Crippen molar-refractivity contribution >= 4 is 5.91 Å². The van der Waals surface area contributed by atoms with E-state index < -0.39 is 0 Å². The van der Waals surface area contributed by atoms with Gasteiger partial charge in [-0.15, -0.1) is 0 Å². The quantitative estimate of drug-likeness (QED) is 0.692. The number of methoxy groups -OCH3 is 1. The van der Waals surface area contributed by atoms with E-state index in [2.05, 4.69) is 24.3 Å². The fourth-order valence-electron chi connectivity index (χ4n) is 3.92. The molecular weight excluding hydrogens is 322 g/mol. The van der Waals surface area contributed by atoms with Gasteiger partial charge >= 0.3 is 0 Å². The lowest BCUT2D eigenvalue weighted by molar-refractivity contribution is 0.0686. The van der Waals surface area contributed by atoms with Crippen LogP contribution < -0.4 is 4.74 Å². The van der Waals surface area contributed by atoms with Crippen molar-refractivity contribution in [2.24, 2.45) is 0 Å². The van der Waals surface area contributed by atoms with Gasteiger partial charge in [0.2, 0.25) is 0 Å². The van der Waals surface area contributed by atoms with Crippen LogP contribution >= 0.6 is 0 Å². The number of ether oxygens (including phenoxy) is 1. The second-order valence-corrected chi connectivity index (χ2v) is 6.61. The molecule has 130 valence electrons. The molecule has 0 radical (unpaired) electrons. The Morgan fingerprint density at radius 2 is 1.46 bits per heavy atom. The molecular formula is C23H21NO2. The zero-order valence-electron chi connectivity index (χ0n) is 14.9. The Morgan fingerprint density at radius 3 is 2.08 bits per heavy atom. The summed E-state index contributed by atoms with van der Waals surface area (Å²) < 4.78 is 5.44. The molecule has 1 amide bonds. The molecule has 0 aliphatic carbocycles. The zero-order chi connectivity index (χ0) is 18.1. The van der Waals surface area contributed by atoms with Crippen molar-refractivity contribution in [2.75, 3.05) is 14.2 Å². The first-order chi connectivity index (χ1) is 12.7. The summed E-state index contributed by atoms with van der Waals surface area (Å²) in [5.41, 5.74) is 4.09. The molecule has 1 aliphatic heterocycles. The normalized spacial score (nSPS) is 19.2. The monoisotopic (exact) mass is 343 g/mol. The molecule has 0 unspecified atom stereocenters. The van der Waals surface area contributed by atoms with Gasteiger partial charge in [-0.2, -0.15) is 0 Å². The number of carbonyl (C=O) groups is 1. The lowest BCUT2D eigenvalue weighted by atomic mass is 9.76. The van der Waals surface area contributed by atoms with Crippen LogP contribution in [0.4, 0.5) is 0 Å². The van der Waals surface area contributed by atoms with E-state index in [0.29, 0.717) is 0 Å². The number of rotatable bonds is 3. The molecule has 0 fully saturated rings. The smallest absolute Gasteiger partial charge is 0.254 e. The third-order valence-corrected chi connectivity index (χ3v) is 5.18. The number of nitrogens with zero attached hydrogens (tertiary/aromatic N) is 1. The van der Waals surface area contributed by atoms with Gasteiger partial charge in [0, 0.05) is 18.5 Å². The van der Waals surface area contributed by atoms with Crippen LogP contribution in [0, 0.1) is 0 Å². The molecule has 3 aromatic rings. The van der Waals surface area contributed by atoms with Crippen LogP contribution in [0.3, 0.4) is 0 Å². The number of fused-ring (bicyclic) bond motifs is 1. The zero-order valence-corrected chi connectivity index (χ0v) is 14.9. The van der Waals surface area contributed by atoms with Crippen LogP contribution in [0.15, 0.2) is 78.9 Å². The first-order valence-corrected chi connectivity index (χ1v) is 8.75. The van der Waals surface area contributed by atoms with Crippen molar-refractivity contribution in [3.05, 3.63) is 101 Å². The van der Waals surface area contributed by atoms with Crippen molar-refractivity contribution in [2.45, 2.75) is 12.0 Å². The van der Waals surface area contributed by atoms with E-state index >= 15 is 0 Å².